The Labute approximate surface area is 362 Å². The van der Waals surface area contributed by atoms with Crippen molar-refractivity contribution >= 4 is 16.6 Å². The van der Waals surface area contributed by atoms with Crippen molar-refractivity contribution in [1.82, 2.24) is 15.6 Å². The molecular weight excluding hydrogens is 787 g/mol. The molecule has 12 nitrogen and oxygen atoms in total. The Morgan fingerprint density at radius 2 is 1.60 bits per heavy atom. The van der Waals surface area contributed by atoms with E-state index in [1.807, 2.05) is 54.6 Å². The van der Waals surface area contributed by atoms with Crippen LogP contribution in [0.3, 0.4) is 0 Å². The molecule has 0 bridgehead atoms. The van der Waals surface area contributed by atoms with E-state index in [1.54, 1.807) is 56.7 Å². The lowest BCUT2D eigenvalue weighted by atomic mass is 9.80. The number of methoxy groups -OCH3 is 1. The molecule has 0 amide bonds. The first kappa shape index (κ1) is 45.6. The summed E-state index contributed by atoms with van der Waals surface area (Å²) in [5.74, 6) is -1.06. The van der Waals surface area contributed by atoms with E-state index in [9.17, 15) is 35.4 Å². The summed E-state index contributed by atoms with van der Waals surface area (Å²) in [5, 5.41) is 72.4. The molecule has 0 aliphatic rings. The second-order valence-electron chi connectivity index (χ2n) is 16.0. The largest absolute Gasteiger partial charge is 0.670 e. The standard InChI is InChI=1S/C50H58N3O9/c1-31(55)27-53-30-62-48-22-32(10-12-44(48)57)21-42(39-19-34(28-51-2)20-41(56)24-39)47(60)26-46(59)40(18-33-14-16-52-29-33)23-37-11-13-45(58)50(61-3)43(37)25-38-9-5-7-35-6-4-8-36(15-17-54)49(35)38/h4-14,16,19-20,22,24,29,31,40,42,46,51,53-59H,15,17-18,21,23,25-28,30H2,1-3H3/q-1/t31-,40+,42+,46+/m0/s1. The first-order valence-electron chi connectivity index (χ1n) is 21.0. The van der Waals surface area contributed by atoms with Gasteiger partial charge < -0.3 is 50.4 Å². The maximum absolute atomic E-state index is 14.7. The number of phenolic OH excluding ortho intramolecular Hbond substituents is 3. The quantitative estimate of drug-likeness (QED) is 0.0285. The highest BCUT2D eigenvalue weighted by molar-refractivity contribution is 5.89. The molecule has 0 aliphatic carbocycles. The van der Waals surface area contributed by atoms with E-state index in [2.05, 4.69) is 15.6 Å². The summed E-state index contributed by atoms with van der Waals surface area (Å²) in [6.45, 7) is 2.44. The van der Waals surface area contributed by atoms with Gasteiger partial charge in [-0.05, 0) is 120 Å². The highest BCUT2D eigenvalue weighted by atomic mass is 16.5. The maximum Gasteiger partial charge on any atom is 0.164 e. The van der Waals surface area contributed by atoms with Gasteiger partial charge in [-0.3, -0.25) is 10.1 Å². The van der Waals surface area contributed by atoms with Gasteiger partial charge in [-0.15, -0.1) is 0 Å². The van der Waals surface area contributed by atoms with Crippen molar-refractivity contribution in [3.05, 3.63) is 148 Å². The van der Waals surface area contributed by atoms with Gasteiger partial charge in [-0.2, -0.15) is 12.4 Å². The summed E-state index contributed by atoms with van der Waals surface area (Å²) in [6, 6.07) is 27.4. The molecule has 0 fully saturated rings. The van der Waals surface area contributed by atoms with Gasteiger partial charge in [0.15, 0.2) is 23.0 Å². The molecule has 4 atom stereocenters. The number of Topliss-reactive ketones (excluding diaryl/α,β-unsaturated/α-hetero) is 1. The Bertz CT molecular complexity index is 2390. The van der Waals surface area contributed by atoms with E-state index in [4.69, 9.17) is 9.47 Å². The zero-order valence-electron chi connectivity index (χ0n) is 35.6. The smallest absolute Gasteiger partial charge is 0.164 e. The van der Waals surface area contributed by atoms with Gasteiger partial charge in [-0.1, -0.05) is 66.2 Å². The van der Waals surface area contributed by atoms with Crippen LogP contribution in [0.15, 0.2) is 103 Å². The number of carbonyl (C=O) groups excluding carboxylic acids is 1. The number of rotatable bonds is 23. The van der Waals surface area contributed by atoms with Crippen LogP contribution in [-0.4, -0.2) is 82.7 Å². The first-order chi connectivity index (χ1) is 30.0. The number of hydrogen-bond donors (Lipinski definition) is 8. The summed E-state index contributed by atoms with van der Waals surface area (Å²) in [7, 11) is 3.31. The summed E-state index contributed by atoms with van der Waals surface area (Å²) >= 11 is 0. The predicted octanol–water partition coefficient (Wildman–Crippen LogP) is 5.82. The molecule has 0 saturated carbocycles. The normalized spacial score (nSPS) is 13.5. The fourth-order valence-electron chi connectivity index (χ4n) is 8.38. The molecule has 62 heavy (non-hydrogen) atoms. The fourth-order valence-corrected chi connectivity index (χ4v) is 8.38. The van der Waals surface area contributed by atoms with E-state index < -0.39 is 24.0 Å². The minimum atomic E-state index is -1.12. The lowest BCUT2D eigenvalue weighted by molar-refractivity contribution is -0.123. The van der Waals surface area contributed by atoms with Crippen molar-refractivity contribution in [2.45, 2.75) is 70.1 Å². The Morgan fingerprint density at radius 3 is 2.31 bits per heavy atom. The molecule has 0 aliphatic heterocycles. The summed E-state index contributed by atoms with van der Waals surface area (Å²) in [5.41, 5.74) is 6.56. The molecule has 6 aromatic rings. The van der Waals surface area contributed by atoms with Crippen LogP contribution in [-0.2, 0) is 43.4 Å². The first-order valence-corrected chi connectivity index (χ1v) is 21.0. The topological polar surface area (TPSA) is 195 Å². The van der Waals surface area contributed by atoms with Crippen molar-refractivity contribution in [3.63, 3.8) is 0 Å². The lowest BCUT2D eigenvalue weighted by Crippen LogP contribution is -2.30. The highest BCUT2D eigenvalue weighted by Crippen LogP contribution is 2.39. The molecule has 12 heteroatoms. The van der Waals surface area contributed by atoms with Crippen LogP contribution >= 0.6 is 0 Å². The second kappa shape index (κ2) is 21.8. The number of aromatic nitrogens is 1. The molecule has 0 spiro atoms. The Balaban J connectivity index is 1.33. The van der Waals surface area contributed by atoms with Crippen LogP contribution < -0.4 is 25.1 Å². The Kier molecular flexibility index (Phi) is 16.0. The fraction of sp³-hybridized carbons (Fsp3) is 0.340. The summed E-state index contributed by atoms with van der Waals surface area (Å²) in [6.07, 6.45) is 3.37. The number of aromatic hydroxyl groups is 3. The number of phenols is 3. The van der Waals surface area contributed by atoms with Gasteiger partial charge in [0.25, 0.3) is 0 Å². The minimum absolute atomic E-state index is 0.0000912. The number of carbonyl (C=O) groups is 1. The Hall–Kier alpha value is -5.89. The third kappa shape index (κ3) is 11.7. The highest BCUT2D eigenvalue weighted by Gasteiger charge is 2.30. The number of nitrogens with one attached hydrogen (secondary N) is 2. The Morgan fingerprint density at radius 1 is 0.823 bits per heavy atom. The van der Waals surface area contributed by atoms with Gasteiger partial charge in [-0.25, -0.2) is 0 Å². The van der Waals surface area contributed by atoms with E-state index in [1.165, 1.54) is 13.2 Å². The third-order valence-electron chi connectivity index (χ3n) is 11.3. The van der Waals surface area contributed by atoms with Gasteiger partial charge in [0.05, 0.1) is 19.3 Å². The molecule has 6 rings (SSSR count). The molecular formula is C50H58N3O9-. The molecule has 0 saturated heterocycles. The molecule has 5 aromatic carbocycles. The van der Waals surface area contributed by atoms with Gasteiger partial charge in [0.2, 0.25) is 0 Å². The van der Waals surface area contributed by atoms with Crippen LogP contribution in [0.2, 0.25) is 0 Å². The number of ether oxygens (including phenoxy) is 2. The summed E-state index contributed by atoms with van der Waals surface area (Å²) < 4.78 is 11.6. The molecule has 1 aromatic heterocycles. The van der Waals surface area contributed by atoms with Crippen LogP contribution in [0, 0.1) is 5.92 Å². The SMILES string of the molecule is CNCc1cc(O)cc([C@@H](Cc2ccc(O)c(OCNC[C@H](C)O)c2)C(=O)C[C@@H](O)[C@H](Cc2cc[n-]c2)Cc2ccc(O)c(OC)c2Cc2cccc3cccc(CCO)c23)c1. The molecule has 328 valence electrons. The number of hydrogen-bond acceptors (Lipinski definition) is 11. The van der Waals surface area contributed by atoms with Crippen LogP contribution in [0.25, 0.3) is 10.8 Å². The van der Waals surface area contributed by atoms with Crippen molar-refractivity contribution in [3.8, 4) is 28.7 Å². The average molecular weight is 845 g/mol. The van der Waals surface area contributed by atoms with Crippen molar-refractivity contribution in [2.24, 2.45) is 5.92 Å². The number of ketones is 1. The second-order valence-corrected chi connectivity index (χ2v) is 16.0. The number of benzene rings is 5. The monoisotopic (exact) mass is 844 g/mol. The minimum Gasteiger partial charge on any atom is -0.670 e. The van der Waals surface area contributed by atoms with Crippen molar-refractivity contribution in [1.29, 1.82) is 0 Å². The number of aliphatic hydroxyl groups is 3. The predicted molar refractivity (Wildman–Crippen MR) is 239 cm³/mol. The molecule has 0 radical (unpaired) electrons. The number of fused-ring (bicyclic) bond motifs is 1. The summed E-state index contributed by atoms with van der Waals surface area (Å²) in [4.78, 5) is 19.0. The van der Waals surface area contributed by atoms with Crippen LogP contribution in [0.4, 0.5) is 0 Å². The maximum atomic E-state index is 14.7. The lowest BCUT2D eigenvalue weighted by Gasteiger charge is -2.27. The average Bonchev–Trinajstić information content (AvgIpc) is 3.76. The van der Waals surface area contributed by atoms with E-state index in [-0.39, 0.29) is 55.0 Å². The van der Waals surface area contributed by atoms with E-state index in [0.717, 1.165) is 44.2 Å². The number of aliphatic hydroxyl groups excluding tert-OH is 3. The van der Waals surface area contributed by atoms with Gasteiger partial charge >= 0.3 is 0 Å². The number of nitrogens with zero attached hydrogens (tertiary/aromatic N) is 1. The zero-order valence-corrected chi connectivity index (χ0v) is 35.6. The van der Waals surface area contributed by atoms with Crippen molar-refractivity contribution < 1.29 is 44.9 Å². The van der Waals surface area contributed by atoms with Crippen LogP contribution in [0.5, 0.6) is 28.7 Å². The van der Waals surface area contributed by atoms with Gasteiger partial charge in [0.1, 0.15) is 18.3 Å². The zero-order chi connectivity index (χ0) is 44.2. The molecule has 0 unspecified atom stereocenters. The molecule has 8 N–H and O–H groups in total. The van der Waals surface area contributed by atoms with E-state index in [0.29, 0.717) is 55.6 Å². The van der Waals surface area contributed by atoms with Crippen molar-refractivity contribution in [2.75, 3.05) is 34.0 Å². The van der Waals surface area contributed by atoms with E-state index >= 15 is 0 Å². The third-order valence-corrected chi connectivity index (χ3v) is 11.3. The van der Waals surface area contributed by atoms with Gasteiger partial charge in [0, 0.05) is 44.0 Å². The van der Waals surface area contributed by atoms with Crippen LogP contribution in [0.1, 0.15) is 63.8 Å². The molecule has 1 heterocycles.